The van der Waals surface area contributed by atoms with Crippen LogP contribution in [0.3, 0.4) is 0 Å². The Hall–Kier alpha value is -2.43. The average Bonchev–Trinajstić information content (AvgIpc) is 2.91. The summed E-state index contributed by atoms with van der Waals surface area (Å²) in [6.07, 6.45) is 15.3. The molecule has 3 atom stereocenters. The zero-order chi connectivity index (χ0) is 24.9. The summed E-state index contributed by atoms with van der Waals surface area (Å²) in [6, 6.07) is 4.80. The molecule has 3 aliphatic carbocycles. The van der Waals surface area contributed by atoms with E-state index in [1.54, 1.807) is 0 Å². The van der Waals surface area contributed by atoms with Gasteiger partial charge >= 0.3 is 0 Å². The maximum atomic E-state index is 13.2. The summed E-state index contributed by atoms with van der Waals surface area (Å²) in [5.41, 5.74) is 0. The van der Waals surface area contributed by atoms with E-state index in [1.165, 1.54) is 12.8 Å². The Morgan fingerprint density at radius 1 is 0.686 bits per heavy atom. The van der Waals surface area contributed by atoms with E-state index in [1.807, 2.05) is 0 Å². The van der Waals surface area contributed by atoms with E-state index < -0.39 is 0 Å². The first-order valence-electron chi connectivity index (χ1n) is 14.2. The molecule has 0 aliphatic heterocycles. The molecule has 3 saturated carbocycles. The minimum absolute atomic E-state index is 0.0773. The van der Waals surface area contributed by atoms with E-state index in [9.17, 15) is 4.79 Å². The molecule has 3 fully saturated rings. The molecule has 1 amide bonds. The summed E-state index contributed by atoms with van der Waals surface area (Å²) in [7, 11) is 0. The molecule has 3 aliphatic rings. The summed E-state index contributed by atoms with van der Waals surface area (Å²) in [6.45, 7) is 2.96. The van der Waals surface area contributed by atoms with Crippen LogP contribution < -0.4 is 5.32 Å². The molecule has 1 N–H and O–H groups in total. The molecule has 35 heavy (non-hydrogen) atoms. The van der Waals surface area contributed by atoms with Crippen molar-refractivity contribution in [1.29, 1.82) is 10.5 Å². The van der Waals surface area contributed by atoms with Crippen LogP contribution in [0, 0.1) is 87.8 Å². The highest BCUT2D eigenvalue weighted by Gasteiger charge is 2.34. The number of hydrogen-bond donors (Lipinski definition) is 1. The Bertz CT molecular complexity index is 873. The van der Waals surface area contributed by atoms with E-state index in [4.69, 9.17) is 10.5 Å². The van der Waals surface area contributed by atoms with Crippen LogP contribution in [0.25, 0.3) is 0 Å². The molecule has 0 bridgehead atoms. The van der Waals surface area contributed by atoms with Crippen molar-refractivity contribution in [3.63, 3.8) is 0 Å². The van der Waals surface area contributed by atoms with Crippen LogP contribution in [-0.4, -0.2) is 12.5 Å². The van der Waals surface area contributed by atoms with Gasteiger partial charge in [-0.3, -0.25) is 4.79 Å². The van der Waals surface area contributed by atoms with Gasteiger partial charge in [0.1, 0.15) is 0 Å². The van der Waals surface area contributed by atoms with Gasteiger partial charge in [-0.25, -0.2) is 0 Å². The SMILES string of the molecule is CCCCCCNC(=O)C1CC(C#CC2CCC(C#N)CC2)CCC1C#CC1CCC(C#N)CC1. The highest BCUT2D eigenvalue weighted by Crippen LogP contribution is 2.35. The van der Waals surface area contributed by atoms with E-state index in [0.29, 0.717) is 11.8 Å². The van der Waals surface area contributed by atoms with Crippen molar-refractivity contribution in [3.8, 4) is 35.8 Å². The van der Waals surface area contributed by atoms with E-state index in [0.717, 1.165) is 90.0 Å². The molecule has 0 heterocycles. The third kappa shape index (κ3) is 8.94. The fourth-order valence-electron chi connectivity index (χ4n) is 5.85. The van der Waals surface area contributed by atoms with Crippen molar-refractivity contribution in [2.24, 2.45) is 41.4 Å². The van der Waals surface area contributed by atoms with Crippen LogP contribution in [0.15, 0.2) is 0 Å². The van der Waals surface area contributed by atoms with Gasteiger partial charge in [-0.2, -0.15) is 10.5 Å². The Labute approximate surface area is 213 Å². The van der Waals surface area contributed by atoms with Crippen LogP contribution in [0.1, 0.15) is 103 Å². The average molecular weight is 474 g/mol. The molecule has 4 nitrogen and oxygen atoms in total. The fourth-order valence-corrected chi connectivity index (χ4v) is 5.85. The van der Waals surface area contributed by atoms with Crippen LogP contribution in [0.4, 0.5) is 0 Å². The summed E-state index contributed by atoms with van der Waals surface area (Å²) < 4.78 is 0. The van der Waals surface area contributed by atoms with Gasteiger partial charge in [-0.05, 0) is 77.0 Å². The molecule has 0 aromatic carbocycles. The first kappa shape index (κ1) is 27.2. The van der Waals surface area contributed by atoms with Gasteiger partial charge in [0.15, 0.2) is 0 Å². The number of nitrogens with one attached hydrogen (secondary N) is 1. The minimum atomic E-state index is -0.0773. The highest BCUT2D eigenvalue weighted by atomic mass is 16.1. The normalized spacial score (nSPS) is 32.5. The first-order valence-corrected chi connectivity index (χ1v) is 14.2. The lowest BCUT2D eigenvalue weighted by molar-refractivity contribution is -0.127. The monoisotopic (exact) mass is 473 g/mol. The molecule has 0 aromatic rings. The second kappa shape index (κ2) is 14.9. The Morgan fingerprint density at radius 2 is 1.20 bits per heavy atom. The molecule has 0 radical (unpaired) electrons. The van der Waals surface area contributed by atoms with Crippen LogP contribution in [0.2, 0.25) is 0 Å². The number of amides is 1. The van der Waals surface area contributed by atoms with Gasteiger partial charge in [-0.1, -0.05) is 49.9 Å². The van der Waals surface area contributed by atoms with Crippen LogP contribution in [-0.2, 0) is 4.79 Å². The lowest BCUT2D eigenvalue weighted by Crippen LogP contribution is -2.38. The fraction of sp³-hybridized carbons (Fsp3) is 0.774. The van der Waals surface area contributed by atoms with Gasteiger partial charge in [0, 0.05) is 42.1 Å². The van der Waals surface area contributed by atoms with E-state index in [2.05, 4.69) is 48.1 Å². The Kier molecular flexibility index (Phi) is 11.5. The molecule has 0 aromatic heterocycles. The van der Waals surface area contributed by atoms with Crippen molar-refractivity contribution in [2.45, 2.75) is 103 Å². The zero-order valence-electron chi connectivity index (χ0n) is 21.7. The summed E-state index contributed by atoms with van der Waals surface area (Å²) >= 11 is 0. The first-order chi connectivity index (χ1) is 17.1. The second-order valence-corrected chi connectivity index (χ2v) is 11.0. The standard InChI is InChI=1S/C31H43N3O/c1-2-3-4-5-20-34-31(35)30-21-26(11-6-24-7-12-27(22-32)13-8-24)17-19-29(30)18-16-25-9-14-28(23-33)15-10-25/h24-30H,2-5,7-10,12-15,17,19-21H2,1H3,(H,34,35). The Morgan fingerprint density at radius 3 is 1.77 bits per heavy atom. The third-order valence-corrected chi connectivity index (χ3v) is 8.30. The molecule has 0 spiro atoms. The van der Waals surface area contributed by atoms with Crippen molar-refractivity contribution in [2.75, 3.05) is 6.54 Å². The number of unbranched alkanes of at least 4 members (excludes halogenated alkanes) is 3. The molecule has 3 rings (SSSR count). The number of nitriles is 2. The number of carbonyl (C=O) groups is 1. The molecule has 0 saturated heterocycles. The van der Waals surface area contributed by atoms with Crippen molar-refractivity contribution in [1.82, 2.24) is 5.32 Å². The van der Waals surface area contributed by atoms with Crippen LogP contribution >= 0.6 is 0 Å². The van der Waals surface area contributed by atoms with Crippen molar-refractivity contribution < 1.29 is 4.79 Å². The number of carbonyl (C=O) groups excluding carboxylic acids is 1. The lowest BCUT2D eigenvalue weighted by atomic mass is 9.73. The number of nitrogens with zero attached hydrogens (tertiary/aromatic N) is 2. The van der Waals surface area contributed by atoms with Gasteiger partial charge in [0.25, 0.3) is 0 Å². The minimum Gasteiger partial charge on any atom is -0.356 e. The maximum Gasteiger partial charge on any atom is 0.224 e. The second-order valence-electron chi connectivity index (χ2n) is 11.0. The van der Waals surface area contributed by atoms with Crippen molar-refractivity contribution >= 4 is 5.91 Å². The summed E-state index contributed by atoms with van der Waals surface area (Å²) in [5, 5.41) is 21.5. The maximum absolute atomic E-state index is 13.2. The Balaban J connectivity index is 1.59. The largest absolute Gasteiger partial charge is 0.356 e. The molecule has 4 heteroatoms. The lowest BCUT2D eigenvalue weighted by Gasteiger charge is -2.31. The third-order valence-electron chi connectivity index (χ3n) is 8.30. The van der Waals surface area contributed by atoms with Gasteiger partial charge < -0.3 is 5.32 Å². The topological polar surface area (TPSA) is 76.7 Å². The van der Waals surface area contributed by atoms with Crippen molar-refractivity contribution in [3.05, 3.63) is 0 Å². The predicted molar refractivity (Wildman–Crippen MR) is 139 cm³/mol. The molecular weight excluding hydrogens is 430 g/mol. The zero-order valence-corrected chi connectivity index (χ0v) is 21.7. The van der Waals surface area contributed by atoms with Gasteiger partial charge in [-0.15, -0.1) is 0 Å². The van der Waals surface area contributed by atoms with Crippen LogP contribution in [0.5, 0.6) is 0 Å². The van der Waals surface area contributed by atoms with E-state index >= 15 is 0 Å². The summed E-state index contributed by atoms with van der Waals surface area (Å²) in [4.78, 5) is 13.2. The highest BCUT2D eigenvalue weighted by molar-refractivity contribution is 5.79. The quantitative estimate of drug-likeness (QED) is 0.359. The molecule has 3 unspecified atom stereocenters. The number of rotatable bonds is 6. The predicted octanol–water partition coefficient (Wildman–Crippen LogP) is 6.38. The van der Waals surface area contributed by atoms with Gasteiger partial charge in [0.05, 0.1) is 18.1 Å². The molecular formula is C31H43N3O. The molecule has 188 valence electrons. The summed E-state index contributed by atoms with van der Waals surface area (Å²) in [5.74, 6) is 15.8. The van der Waals surface area contributed by atoms with E-state index in [-0.39, 0.29) is 35.5 Å². The smallest absolute Gasteiger partial charge is 0.224 e. The van der Waals surface area contributed by atoms with Gasteiger partial charge in [0.2, 0.25) is 5.91 Å². The number of hydrogen-bond acceptors (Lipinski definition) is 3.